The molecule has 0 atom stereocenters. The molecule has 124 valence electrons. The number of hydrogen-bond donors (Lipinski definition) is 2. The second kappa shape index (κ2) is 7.59. The van der Waals surface area contributed by atoms with Gasteiger partial charge in [0.15, 0.2) is 0 Å². The third-order valence-corrected chi connectivity index (χ3v) is 3.88. The summed E-state index contributed by atoms with van der Waals surface area (Å²) in [5, 5.41) is 0.315. The van der Waals surface area contributed by atoms with Crippen LogP contribution in [0.1, 0.15) is 20.7 Å². The van der Waals surface area contributed by atoms with Crippen LogP contribution in [0.15, 0.2) is 73.1 Å². The van der Waals surface area contributed by atoms with Gasteiger partial charge >= 0.3 is 0 Å². The van der Waals surface area contributed by atoms with E-state index in [1.54, 1.807) is 48.8 Å². The highest BCUT2D eigenvalue weighted by molar-refractivity contribution is 6.33. The molecule has 0 unspecified atom stereocenters. The minimum absolute atomic E-state index is 0.288. The fraction of sp³-hybridized carbons (Fsp3) is 0. The molecule has 0 saturated carbocycles. The summed E-state index contributed by atoms with van der Waals surface area (Å²) >= 11 is 5.95. The molecule has 2 N–H and O–H groups in total. The van der Waals surface area contributed by atoms with Gasteiger partial charge in [-0.2, -0.15) is 0 Å². The Morgan fingerprint density at radius 3 is 2.20 bits per heavy atom. The van der Waals surface area contributed by atoms with Crippen LogP contribution in [0.5, 0.6) is 0 Å². The van der Waals surface area contributed by atoms with Crippen LogP contribution in [0, 0.1) is 0 Å². The Morgan fingerprint density at radius 2 is 1.52 bits per heavy atom. The van der Waals surface area contributed by atoms with Crippen LogP contribution in [0.2, 0.25) is 5.02 Å². The lowest BCUT2D eigenvalue weighted by Gasteiger charge is -2.09. The molecule has 3 aromatic rings. The summed E-state index contributed by atoms with van der Waals surface area (Å²) in [5.41, 5.74) is 7.35. The fourth-order valence-electron chi connectivity index (χ4n) is 2.25. The lowest BCUT2D eigenvalue weighted by atomic mass is 10.1. The number of benzene rings is 2. The van der Waals surface area contributed by atoms with Crippen LogP contribution in [0.25, 0.3) is 11.1 Å². The van der Waals surface area contributed by atoms with Crippen molar-refractivity contribution in [3.63, 3.8) is 0 Å². The van der Waals surface area contributed by atoms with Crippen molar-refractivity contribution in [3.05, 3.63) is 89.2 Å². The Kier molecular flexibility index (Phi) is 5.06. The van der Waals surface area contributed by atoms with Gasteiger partial charge in [0.2, 0.25) is 0 Å². The van der Waals surface area contributed by atoms with E-state index in [0.29, 0.717) is 10.6 Å². The Balaban J connectivity index is 1.64. The molecule has 0 saturated heterocycles. The monoisotopic (exact) mass is 351 g/mol. The fourth-order valence-corrected chi connectivity index (χ4v) is 2.47. The number of amides is 2. The first kappa shape index (κ1) is 16.7. The third kappa shape index (κ3) is 4.02. The van der Waals surface area contributed by atoms with Crippen LogP contribution in [0.3, 0.4) is 0 Å². The number of nitrogens with one attached hydrogen (secondary N) is 2. The van der Waals surface area contributed by atoms with E-state index in [9.17, 15) is 9.59 Å². The van der Waals surface area contributed by atoms with Crippen molar-refractivity contribution in [1.29, 1.82) is 0 Å². The van der Waals surface area contributed by atoms with E-state index in [1.807, 2.05) is 24.3 Å². The summed E-state index contributed by atoms with van der Waals surface area (Å²) in [4.78, 5) is 28.2. The Hall–Kier alpha value is -3.18. The Labute approximate surface area is 149 Å². The summed E-state index contributed by atoms with van der Waals surface area (Å²) < 4.78 is 0. The molecule has 3 rings (SSSR count). The predicted molar refractivity (Wildman–Crippen MR) is 96.1 cm³/mol. The van der Waals surface area contributed by atoms with Gasteiger partial charge in [-0.1, -0.05) is 41.9 Å². The average molecular weight is 352 g/mol. The normalized spacial score (nSPS) is 10.1. The quantitative estimate of drug-likeness (QED) is 0.710. The largest absolute Gasteiger partial charge is 0.271 e. The van der Waals surface area contributed by atoms with E-state index in [4.69, 9.17) is 11.6 Å². The van der Waals surface area contributed by atoms with Gasteiger partial charge in [0, 0.05) is 18.0 Å². The summed E-state index contributed by atoms with van der Waals surface area (Å²) in [5.74, 6) is -0.899. The maximum atomic E-state index is 12.1. The van der Waals surface area contributed by atoms with Gasteiger partial charge in [0.1, 0.15) is 0 Å². The molecular formula is C19H14ClN3O2. The van der Waals surface area contributed by atoms with Crippen molar-refractivity contribution in [2.24, 2.45) is 0 Å². The maximum absolute atomic E-state index is 12.1. The van der Waals surface area contributed by atoms with Gasteiger partial charge in [-0.25, -0.2) is 0 Å². The minimum atomic E-state index is -0.481. The van der Waals surface area contributed by atoms with Crippen LogP contribution < -0.4 is 10.9 Å². The molecule has 0 aliphatic rings. The van der Waals surface area contributed by atoms with E-state index in [2.05, 4.69) is 15.8 Å². The smallest absolute Gasteiger partial charge is 0.267 e. The lowest BCUT2D eigenvalue weighted by Crippen LogP contribution is -2.41. The van der Waals surface area contributed by atoms with Crippen LogP contribution in [-0.2, 0) is 0 Å². The van der Waals surface area contributed by atoms with Gasteiger partial charge in [-0.3, -0.25) is 25.4 Å². The molecule has 1 aromatic heterocycles. The zero-order valence-electron chi connectivity index (χ0n) is 13.1. The SMILES string of the molecule is O=C(NNC(=O)c1ccccc1Cl)c1ccc(-c2cccnc2)cc1. The zero-order chi connectivity index (χ0) is 17.6. The van der Waals surface area contributed by atoms with Crippen molar-refractivity contribution < 1.29 is 9.59 Å². The van der Waals surface area contributed by atoms with Crippen molar-refractivity contribution in [2.75, 3.05) is 0 Å². The van der Waals surface area contributed by atoms with Gasteiger partial charge in [0.05, 0.1) is 10.6 Å². The molecule has 25 heavy (non-hydrogen) atoms. The van der Waals surface area contributed by atoms with Crippen LogP contribution in [0.4, 0.5) is 0 Å². The molecule has 0 aliphatic carbocycles. The first-order chi connectivity index (χ1) is 12.1. The molecule has 0 bridgehead atoms. The minimum Gasteiger partial charge on any atom is -0.267 e. The molecule has 0 radical (unpaired) electrons. The number of hydrazine groups is 1. The molecule has 2 amide bonds. The average Bonchev–Trinajstić information content (AvgIpc) is 2.67. The highest BCUT2D eigenvalue weighted by Crippen LogP contribution is 2.18. The van der Waals surface area contributed by atoms with E-state index >= 15 is 0 Å². The molecule has 5 nitrogen and oxygen atoms in total. The van der Waals surface area contributed by atoms with Gasteiger partial charge in [-0.15, -0.1) is 0 Å². The maximum Gasteiger partial charge on any atom is 0.271 e. The van der Waals surface area contributed by atoms with Gasteiger partial charge in [0.25, 0.3) is 11.8 Å². The number of hydrogen-bond acceptors (Lipinski definition) is 3. The second-order valence-electron chi connectivity index (χ2n) is 5.21. The second-order valence-corrected chi connectivity index (χ2v) is 5.61. The topological polar surface area (TPSA) is 71.1 Å². The lowest BCUT2D eigenvalue weighted by molar-refractivity contribution is 0.0847. The molecule has 0 aliphatic heterocycles. The Morgan fingerprint density at radius 1 is 0.800 bits per heavy atom. The first-order valence-electron chi connectivity index (χ1n) is 7.51. The van der Waals surface area contributed by atoms with Crippen molar-refractivity contribution in [3.8, 4) is 11.1 Å². The standard InChI is InChI=1S/C19H14ClN3O2/c20-17-6-2-1-5-16(17)19(25)23-22-18(24)14-9-7-13(8-10-14)15-4-3-11-21-12-15/h1-12H,(H,22,24)(H,23,25). The number of aromatic nitrogens is 1. The van der Waals surface area contributed by atoms with E-state index in [1.165, 1.54) is 0 Å². The van der Waals surface area contributed by atoms with Crippen LogP contribution in [-0.4, -0.2) is 16.8 Å². The number of pyridine rings is 1. The first-order valence-corrected chi connectivity index (χ1v) is 7.88. The van der Waals surface area contributed by atoms with Gasteiger partial charge in [-0.05, 0) is 41.5 Å². The number of carbonyl (C=O) groups excluding carboxylic acids is 2. The van der Waals surface area contributed by atoms with Crippen molar-refractivity contribution in [2.45, 2.75) is 0 Å². The van der Waals surface area contributed by atoms with E-state index in [-0.39, 0.29) is 5.56 Å². The number of halogens is 1. The molecule has 0 spiro atoms. The summed E-state index contributed by atoms with van der Waals surface area (Å²) in [6, 6.07) is 17.4. The van der Waals surface area contributed by atoms with Crippen molar-refractivity contribution in [1.82, 2.24) is 15.8 Å². The number of rotatable bonds is 3. The molecule has 1 heterocycles. The third-order valence-electron chi connectivity index (χ3n) is 3.55. The van der Waals surface area contributed by atoms with Crippen LogP contribution >= 0.6 is 11.6 Å². The highest BCUT2D eigenvalue weighted by Gasteiger charge is 2.11. The van der Waals surface area contributed by atoms with Crippen molar-refractivity contribution >= 4 is 23.4 Å². The number of carbonyl (C=O) groups is 2. The molecule has 2 aromatic carbocycles. The predicted octanol–water partition coefficient (Wildman–Crippen LogP) is 3.48. The summed E-state index contributed by atoms with van der Waals surface area (Å²) in [6.07, 6.45) is 3.45. The Bertz CT molecular complexity index is 896. The number of nitrogens with zero attached hydrogens (tertiary/aromatic N) is 1. The van der Waals surface area contributed by atoms with Gasteiger partial charge < -0.3 is 0 Å². The van der Waals surface area contributed by atoms with E-state index < -0.39 is 11.8 Å². The van der Waals surface area contributed by atoms with E-state index in [0.717, 1.165) is 11.1 Å². The molecular weight excluding hydrogens is 338 g/mol. The molecule has 6 heteroatoms. The summed E-state index contributed by atoms with van der Waals surface area (Å²) in [6.45, 7) is 0. The highest BCUT2D eigenvalue weighted by atomic mass is 35.5. The zero-order valence-corrected chi connectivity index (χ0v) is 13.8. The molecule has 0 fully saturated rings. The summed E-state index contributed by atoms with van der Waals surface area (Å²) in [7, 11) is 0.